The average Bonchev–Trinajstić information content (AvgIpc) is 2.35. The first-order chi connectivity index (χ1) is 9.86. The number of hydrogen-bond donors (Lipinski definition) is 1. The third-order valence-electron chi connectivity index (χ3n) is 2.67. The summed E-state index contributed by atoms with van der Waals surface area (Å²) in [5.74, 6) is -2.56. The lowest BCUT2D eigenvalue weighted by Crippen LogP contribution is -2.24. The summed E-state index contributed by atoms with van der Waals surface area (Å²) in [6.07, 6.45) is -0.490. The van der Waals surface area contributed by atoms with E-state index in [0.717, 1.165) is 24.3 Å². The van der Waals surface area contributed by atoms with Crippen LogP contribution in [0.1, 0.15) is 5.56 Å². The zero-order valence-electron chi connectivity index (χ0n) is 10.4. The fraction of sp³-hybridized carbons (Fsp3) is 0.0714. The van der Waals surface area contributed by atoms with E-state index in [1.165, 1.54) is 6.07 Å². The molecular weight excluding hydrogens is 323 g/mol. The number of anilines is 2. The molecule has 1 N–H and O–H groups in total. The molecule has 0 saturated heterocycles. The molecule has 2 aromatic rings. The van der Waals surface area contributed by atoms with Crippen LogP contribution in [0.2, 0.25) is 10.0 Å². The van der Waals surface area contributed by atoms with Crippen molar-refractivity contribution in [3.8, 4) is 0 Å². The van der Waals surface area contributed by atoms with Crippen LogP contribution in [0, 0.1) is 11.6 Å². The van der Waals surface area contributed by atoms with Crippen molar-refractivity contribution in [1.29, 1.82) is 0 Å². The number of benzene rings is 2. The first kappa shape index (κ1) is 15.5. The monoisotopic (exact) mass is 330 g/mol. The Kier molecular flexibility index (Phi) is 4.65. The number of carboxylic acids is 1. The zero-order chi connectivity index (χ0) is 15.6. The second kappa shape index (κ2) is 6.28. The summed E-state index contributed by atoms with van der Waals surface area (Å²) < 4.78 is 26.3. The molecule has 2 rings (SSSR count). The van der Waals surface area contributed by atoms with Crippen molar-refractivity contribution < 1.29 is 18.7 Å². The number of aliphatic carboxylic acids is 1. The molecule has 0 amide bonds. The van der Waals surface area contributed by atoms with Gasteiger partial charge >= 0.3 is 0 Å². The highest BCUT2D eigenvalue weighted by Crippen LogP contribution is 2.34. The lowest BCUT2D eigenvalue weighted by molar-refractivity contribution is -0.304. The second-order valence-electron chi connectivity index (χ2n) is 4.22. The van der Waals surface area contributed by atoms with E-state index in [9.17, 15) is 18.7 Å². The van der Waals surface area contributed by atoms with Gasteiger partial charge in [-0.3, -0.25) is 0 Å². The highest BCUT2D eigenvalue weighted by Gasteiger charge is 2.12. The smallest absolute Gasteiger partial charge is 0.126 e. The molecule has 0 heterocycles. The Labute approximate surface area is 129 Å². The van der Waals surface area contributed by atoms with Gasteiger partial charge in [0, 0.05) is 18.1 Å². The number of rotatable bonds is 4. The van der Waals surface area contributed by atoms with E-state index in [1.807, 2.05) is 0 Å². The van der Waals surface area contributed by atoms with Gasteiger partial charge in [-0.15, -0.1) is 0 Å². The predicted octanol–water partition coefficient (Wildman–Crippen LogP) is 3.31. The molecule has 3 nitrogen and oxygen atoms in total. The molecule has 0 atom stereocenters. The summed E-state index contributed by atoms with van der Waals surface area (Å²) in [7, 11) is 0. The molecule has 0 aromatic heterocycles. The summed E-state index contributed by atoms with van der Waals surface area (Å²) in [5.41, 5.74) is 0.647. The Morgan fingerprint density at radius 1 is 1.10 bits per heavy atom. The minimum Gasteiger partial charge on any atom is -0.550 e. The maximum atomic E-state index is 13.2. The Balaban J connectivity index is 2.42. The van der Waals surface area contributed by atoms with Gasteiger partial charge in [-0.2, -0.15) is 0 Å². The number of carbonyl (C=O) groups excluding carboxylic acids is 1. The number of nitrogens with one attached hydrogen (secondary N) is 1. The summed E-state index contributed by atoms with van der Waals surface area (Å²) in [5, 5.41) is 13.5. The highest BCUT2D eigenvalue weighted by atomic mass is 35.5. The average molecular weight is 331 g/mol. The molecule has 21 heavy (non-hydrogen) atoms. The summed E-state index contributed by atoms with van der Waals surface area (Å²) in [4.78, 5) is 10.7. The van der Waals surface area contributed by atoms with Crippen molar-refractivity contribution in [3.05, 3.63) is 57.6 Å². The van der Waals surface area contributed by atoms with E-state index in [-0.39, 0.29) is 27.0 Å². The van der Waals surface area contributed by atoms with Crippen LogP contribution in [0.15, 0.2) is 30.3 Å². The largest absolute Gasteiger partial charge is 0.550 e. The number of carboxylic acid groups (broad SMARTS) is 1. The quantitative estimate of drug-likeness (QED) is 0.935. The van der Waals surface area contributed by atoms with Crippen LogP contribution in [-0.2, 0) is 11.2 Å². The van der Waals surface area contributed by atoms with Crippen molar-refractivity contribution in [1.82, 2.24) is 0 Å². The Morgan fingerprint density at radius 2 is 1.71 bits per heavy atom. The van der Waals surface area contributed by atoms with E-state index in [4.69, 9.17) is 23.2 Å². The van der Waals surface area contributed by atoms with Crippen molar-refractivity contribution in [2.24, 2.45) is 0 Å². The molecule has 0 bridgehead atoms. The first-order valence-corrected chi connectivity index (χ1v) is 6.52. The maximum Gasteiger partial charge on any atom is 0.126 e. The van der Waals surface area contributed by atoms with E-state index >= 15 is 0 Å². The van der Waals surface area contributed by atoms with Crippen molar-refractivity contribution in [3.63, 3.8) is 0 Å². The van der Waals surface area contributed by atoms with Gasteiger partial charge in [0.1, 0.15) is 11.6 Å². The van der Waals surface area contributed by atoms with Crippen LogP contribution in [0.4, 0.5) is 20.2 Å². The van der Waals surface area contributed by atoms with Crippen LogP contribution in [0.3, 0.4) is 0 Å². The van der Waals surface area contributed by atoms with E-state index in [1.54, 1.807) is 0 Å². The van der Waals surface area contributed by atoms with Gasteiger partial charge in [0.25, 0.3) is 0 Å². The summed E-state index contributed by atoms with van der Waals surface area (Å²) >= 11 is 11.8. The van der Waals surface area contributed by atoms with E-state index in [0.29, 0.717) is 0 Å². The van der Waals surface area contributed by atoms with Crippen LogP contribution in [0.25, 0.3) is 0 Å². The highest BCUT2D eigenvalue weighted by molar-refractivity contribution is 6.39. The lowest BCUT2D eigenvalue weighted by atomic mass is 10.1. The topological polar surface area (TPSA) is 52.2 Å². The molecule has 0 aliphatic rings. The molecular formula is C14H8Cl2F2NO2-. The van der Waals surface area contributed by atoms with Crippen LogP contribution < -0.4 is 10.4 Å². The Bertz CT molecular complexity index is 684. The maximum absolute atomic E-state index is 13.2. The fourth-order valence-corrected chi connectivity index (χ4v) is 2.34. The predicted molar refractivity (Wildman–Crippen MR) is 74.8 cm³/mol. The minimum atomic E-state index is -1.36. The van der Waals surface area contributed by atoms with Crippen LogP contribution in [-0.4, -0.2) is 5.97 Å². The van der Waals surface area contributed by atoms with E-state index < -0.39 is 24.0 Å². The van der Waals surface area contributed by atoms with Crippen LogP contribution in [0.5, 0.6) is 0 Å². The molecule has 110 valence electrons. The fourth-order valence-electron chi connectivity index (χ4n) is 1.78. The van der Waals surface area contributed by atoms with Gasteiger partial charge in [-0.25, -0.2) is 8.78 Å². The molecule has 0 saturated carbocycles. The molecule has 7 heteroatoms. The number of carbonyl (C=O) groups is 1. The first-order valence-electron chi connectivity index (χ1n) is 5.76. The van der Waals surface area contributed by atoms with Crippen LogP contribution >= 0.6 is 23.2 Å². The van der Waals surface area contributed by atoms with Gasteiger partial charge in [0.05, 0.1) is 15.7 Å². The molecule has 2 aromatic carbocycles. The molecule has 0 unspecified atom stereocenters. The Hall–Kier alpha value is -1.85. The van der Waals surface area contributed by atoms with E-state index in [2.05, 4.69) is 5.32 Å². The van der Waals surface area contributed by atoms with Crippen molar-refractivity contribution in [2.75, 3.05) is 5.32 Å². The summed E-state index contributed by atoms with van der Waals surface area (Å²) in [6.45, 7) is 0. The summed E-state index contributed by atoms with van der Waals surface area (Å²) in [6, 6.07) is 5.65. The molecule has 0 spiro atoms. The van der Waals surface area contributed by atoms with Gasteiger partial charge in [-0.05, 0) is 35.9 Å². The van der Waals surface area contributed by atoms with Gasteiger partial charge in [-0.1, -0.05) is 23.2 Å². The second-order valence-corrected chi connectivity index (χ2v) is 5.03. The third kappa shape index (κ3) is 3.83. The normalized spacial score (nSPS) is 10.5. The standard InChI is InChI=1S/C14H9Cl2F2NO2/c15-10-5-9(18)6-11(16)14(10)19-12-2-1-8(17)3-7(12)4-13(20)21/h1-3,5-6,19H,4H2,(H,20,21)/p-1. The zero-order valence-corrected chi connectivity index (χ0v) is 11.9. The Morgan fingerprint density at radius 3 is 2.29 bits per heavy atom. The minimum absolute atomic E-state index is 0.0173. The SMILES string of the molecule is O=C([O-])Cc1cc(F)ccc1Nc1c(Cl)cc(F)cc1Cl. The molecule has 0 aliphatic carbocycles. The molecule has 0 aliphatic heterocycles. The van der Waals surface area contributed by atoms with Crippen molar-refractivity contribution in [2.45, 2.75) is 6.42 Å². The number of halogens is 4. The lowest BCUT2D eigenvalue weighted by Gasteiger charge is -2.15. The van der Waals surface area contributed by atoms with Gasteiger partial charge in [0.15, 0.2) is 0 Å². The number of hydrogen-bond acceptors (Lipinski definition) is 3. The van der Waals surface area contributed by atoms with Gasteiger partial charge < -0.3 is 15.2 Å². The molecule has 0 radical (unpaired) electrons. The van der Waals surface area contributed by atoms with Gasteiger partial charge in [0.2, 0.25) is 0 Å². The third-order valence-corrected chi connectivity index (χ3v) is 3.26. The van der Waals surface area contributed by atoms with Crippen molar-refractivity contribution >= 4 is 40.5 Å². The molecule has 0 fully saturated rings.